The predicted molar refractivity (Wildman–Crippen MR) is 89.3 cm³/mol. The van der Waals surface area contributed by atoms with E-state index >= 15 is 0 Å². The molecule has 5 nitrogen and oxygen atoms in total. The smallest absolute Gasteiger partial charge is 0.408 e. The maximum Gasteiger partial charge on any atom is 0.408 e. The number of hydrogen-bond donors (Lipinski definition) is 2. The molecule has 0 spiro atoms. The summed E-state index contributed by atoms with van der Waals surface area (Å²) in [5.41, 5.74) is -1.02. The van der Waals surface area contributed by atoms with Gasteiger partial charge in [0.2, 0.25) is 0 Å². The Morgan fingerprint density at radius 2 is 1.74 bits per heavy atom. The van der Waals surface area contributed by atoms with E-state index in [1.807, 2.05) is 44.2 Å². The van der Waals surface area contributed by atoms with Crippen molar-refractivity contribution in [3.63, 3.8) is 0 Å². The number of ether oxygens (including phenoxy) is 1. The Labute approximate surface area is 138 Å². The molecule has 1 aromatic carbocycles. The lowest BCUT2D eigenvalue weighted by molar-refractivity contribution is -0.144. The number of aliphatic carboxylic acids is 1. The van der Waals surface area contributed by atoms with Crippen LogP contribution in [0.1, 0.15) is 46.6 Å². The second-order valence-corrected chi connectivity index (χ2v) is 7.17. The molecule has 1 atom stereocenters. The average molecular weight is 321 g/mol. The van der Waals surface area contributed by atoms with Crippen LogP contribution in [0.15, 0.2) is 30.3 Å². The van der Waals surface area contributed by atoms with E-state index in [-0.39, 0.29) is 5.92 Å². The van der Waals surface area contributed by atoms with Gasteiger partial charge < -0.3 is 15.2 Å². The minimum atomic E-state index is -1.34. The average Bonchev–Trinajstić information content (AvgIpc) is 2.36. The maximum atomic E-state index is 12.2. The predicted octanol–water partition coefficient (Wildman–Crippen LogP) is 3.62. The van der Waals surface area contributed by atoms with Gasteiger partial charge in [0, 0.05) is 6.42 Å². The Morgan fingerprint density at radius 1 is 1.17 bits per heavy atom. The van der Waals surface area contributed by atoms with Gasteiger partial charge in [-0.2, -0.15) is 0 Å². The van der Waals surface area contributed by atoms with Gasteiger partial charge in [0.15, 0.2) is 0 Å². The molecule has 1 aromatic rings. The van der Waals surface area contributed by atoms with Gasteiger partial charge in [-0.25, -0.2) is 9.59 Å². The highest BCUT2D eigenvalue weighted by Crippen LogP contribution is 2.20. The third-order valence-corrected chi connectivity index (χ3v) is 3.51. The molecule has 128 valence electrons. The van der Waals surface area contributed by atoms with Crippen molar-refractivity contribution in [3.05, 3.63) is 35.9 Å². The van der Waals surface area contributed by atoms with Gasteiger partial charge in [0.1, 0.15) is 11.1 Å². The molecule has 23 heavy (non-hydrogen) atoms. The summed E-state index contributed by atoms with van der Waals surface area (Å²) in [6, 6.07) is 9.70. The van der Waals surface area contributed by atoms with Gasteiger partial charge in [-0.3, -0.25) is 0 Å². The zero-order chi connectivity index (χ0) is 17.7. The third-order valence-electron chi connectivity index (χ3n) is 3.51. The van der Waals surface area contributed by atoms with E-state index in [2.05, 4.69) is 5.32 Å². The number of alkyl carbamates (subject to hydrolysis) is 1. The summed E-state index contributed by atoms with van der Waals surface area (Å²) in [6.45, 7) is 8.93. The lowest BCUT2D eigenvalue weighted by Gasteiger charge is -2.31. The summed E-state index contributed by atoms with van der Waals surface area (Å²) < 4.78 is 5.46. The number of nitrogens with one attached hydrogen (secondary N) is 1. The molecule has 1 rings (SSSR count). The Morgan fingerprint density at radius 3 is 2.22 bits per heavy atom. The molecular formula is C18H27NO4. The summed E-state index contributed by atoms with van der Waals surface area (Å²) in [4.78, 5) is 23.6. The second-order valence-electron chi connectivity index (χ2n) is 7.17. The van der Waals surface area contributed by atoms with Crippen LogP contribution in [0.3, 0.4) is 0 Å². The summed E-state index contributed by atoms with van der Waals surface area (Å²) in [6.07, 6.45) is 0.169. The lowest BCUT2D eigenvalue weighted by Crippen LogP contribution is -2.54. The van der Waals surface area contributed by atoms with Crippen molar-refractivity contribution in [2.24, 2.45) is 5.92 Å². The molecule has 0 bridgehead atoms. The summed E-state index contributed by atoms with van der Waals surface area (Å²) in [5, 5.41) is 11.9. The van der Waals surface area contributed by atoms with Gasteiger partial charge in [-0.1, -0.05) is 44.2 Å². The third kappa shape index (κ3) is 6.30. The minimum absolute atomic E-state index is 0.133. The first kappa shape index (κ1) is 19.0. The quantitative estimate of drug-likeness (QED) is 0.804. The molecule has 0 heterocycles. The van der Waals surface area contributed by atoms with Gasteiger partial charge >= 0.3 is 12.1 Å². The van der Waals surface area contributed by atoms with Crippen molar-refractivity contribution in [2.75, 3.05) is 0 Å². The van der Waals surface area contributed by atoms with E-state index in [1.165, 1.54) is 6.92 Å². The van der Waals surface area contributed by atoms with Crippen LogP contribution in [0.4, 0.5) is 4.79 Å². The molecule has 1 amide bonds. The van der Waals surface area contributed by atoms with Crippen molar-refractivity contribution in [1.29, 1.82) is 0 Å². The van der Waals surface area contributed by atoms with Crippen LogP contribution in [-0.2, 0) is 16.0 Å². The number of rotatable bonds is 7. The molecule has 0 saturated carbocycles. The number of amides is 1. The Hall–Kier alpha value is -2.04. The molecule has 2 N–H and O–H groups in total. The Bertz CT molecular complexity index is 539. The zero-order valence-electron chi connectivity index (χ0n) is 14.6. The molecule has 0 aliphatic rings. The van der Waals surface area contributed by atoms with E-state index in [1.54, 1.807) is 13.8 Å². The number of carbonyl (C=O) groups is 2. The highest BCUT2D eigenvalue weighted by atomic mass is 16.6. The van der Waals surface area contributed by atoms with Crippen molar-refractivity contribution >= 4 is 12.1 Å². The van der Waals surface area contributed by atoms with Crippen LogP contribution in [0.2, 0.25) is 0 Å². The molecule has 0 aliphatic carbocycles. The molecular weight excluding hydrogens is 294 g/mol. The summed E-state index contributed by atoms with van der Waals surface area (Å²) in [7, 11) is 0. The van der Waals surface area contributed by atoms with Gasteiger partial charge in [-0.05, 0) is 38.7 Å². The summed E-state index contributed by atoms with van der Waals surface area (Å²) in [5.74, 6) is -0.933. The minimum Gasteiger partial charge on any atom is -0.480 e. The van der Waals surface area contributed by atoms with E-state index < -0.39 is 23.2 Å². The largest absolute Gasteiger partial charge is 0.480 e. The first-order valence-corrected chi connectivity index (χ1v) is 7.82. The van der Waals surface area contributed by atoms with Crippen molar-refractivity contribution in [2.45, 2.75) is 58.6 Å². The fraction of sp³-hybridized carbons (Fsp3) is 0.556. The van der Waals surface area contributed by atoms with Gasteiger partial charge in [-0.15, -0.1) is 0 Å². The number of carboxylic acid groups (broad SMARTS) is 1. The second kappa shape index (κ2) is 7.49. The normalized spacial score (nSPS) is 14.2. The van der Waals surface area contributed by atoms with Gasteiger partial charge in [0.25, 0.3) is 0 Å². The van der Waals surface area contributed by atoms with Crippen molar-refractivity contribution < 1.29 is 19.4 Å². The molecule has 0 aliphatic heterocycles. The molecule has 0 radical (unpaired) electrons. The van der Waals surface area contributed by atoms with E-state index in [9.17, 15) is 14.7 Å². The van der Waals surface area contributed by atoms with Gasteiger partial charge in [0.05, 0.1) is 0 Å². The number of carbonyl (C=O) groups excluding carboxylic acids is 1. The van der Waals surface area contributed by atoms with Crippen molar-refractivity contribution in [1.82, 2.24) is 5.32 Å². The fourth-order valence-electron chi connectivity index (χ4n) is 2.63. The van der Waals surface area contributed by atoms with Crippen LogP contribution in [0.25, 0.3) is 0 Å². The van der Waals surface area contributed by atoms with Crippen LogP contribution in [0, 0.1) is 5.92 Å². The summed E-state index contributed by atoms with van der Waals surface area (Å²) >= 11 is 0. The van der Waals surface area contributed by atoms with Crippen molar-refractivity contribution in [3.8, 4) is 0 Å². The number of carboxylic acids is 1. The first-order valence-electron chi connectivity index (χ1n) is 7.82. The molecule has 0 saturated heterocycles. The van der Waals surface area contributed by atoms with Crippen LogP contribution in [0.5, 0.6) is 0 Å². The standard InChI is InChI=1S/C18H27NO4/c1-13(2)11-18(5,15(20)21)19-16(22)23-17(3,4)12-14-9-7-6-8-10-14/h6-10,13H,11-12H2,1-5H3,(H,19,22)(H,20,21)/t18-/m1/s1. The Kier molecular flexibility index (Phi) is 6.19. The lowest BCUT2D eigenvalue weighted by atomic mass is 9.91. The monoisotopic (exact) mass is 321 g/mol. The van der Waals surface area contributed by atoms with E-state index in [0.29, 0.717) is 12.8 Å². The van der Waals surface area contributed by atoms with E-state index in [0.717, 1.165) is 5.56 Å². The van der Waals surface area contributed by atoms with Crippen LogP contribution >= 0.6 is 0 Å². The SMILES string of the molecule is CC(C)C[C@@](C)(NC(=O)OC(C)(C)Cc1ccccc1)C(=O)O. The van der Waals surface area contributed by atoms with E-state index in [4.69, 9.17) is 4.74 Å². The van der Waals surface area contributed by atoms with Crippen LogP contribution in [-0.4, -0.2) is 28.3 Å². The maximum absolute atomic E-state index is 12.2. The fourth-order valence-corrected chi connectivity index (χ4v) is 2.63. The molecule has 5 heteroatoms. The number of hydrogen-bond acceptors (Lipinski definition) is 3. The topological polar surface area (TPSA) is 75.6 Å². The highest BCUT2D eigenvalue weighted by molar-refractivity contribution is 5.84. The zero-order valence-corrected chi connectivity index (χ0v) is 14.6. The molecule has 0 aromatic heterocycles. The number of benzene rings is 1. The first-order chi connectivity index (χ1) is 10.5. The Balaban J connectivity index is 2.71. The molecule has 0 fully saturated rings. The molecule has 0 unspecified atom stereocenters. The highest BCUT2D eigenvalue weighted by Gasteiger charge is 2.37. The van der Waals surface area contributed by atoms with Crippen LogP contribution < -0.4 is 5.32 Å².